The molecule has 0 aliphatic carbocycles. The van der Waals surface area contributed by atoms with Gasteiger partial charge in [0.05, 0.1) is 5.69 Å². The maximum Gasteiger partial charge on any atom is 0.222 e. The number of carbonyl (C=O) groups excluding carboxylic acids is 2. The standard InChI is InChI=1S/C17H21N3O2S/c1-11(2)16(22)18-8-7-15-10-23-17(20-15)13-5-4-6-14(9-13)19-12(3)21/h4-6,9-11H,7-8H2,1-3H3,(H,18,22)(H,19,21). The second kappa shape index (κ2) is 7.87. The molecule has 2 N–H and O–H groups in total. The van der Waals surface area contributed by atoms with Gasteiger partial charge in [0.25, 0.3) is 0 Å². The van der Waals surface area contributed by atoms with E-state index >= 15 is 0 Å². The lowest BCUT2D eigenvalue weighted by atomic mass is 10.2. The molecule has 122 valence electrons. The number of thiazole rings is 1. The highest BCUT2D eigenvalue weighted by Crippen LogP contribution is 2.26. The Hall–Kier alpha value is -2.21. The number of nitrogens with zero attached hydrogens (tertiary/aromatic N) is 1. The molecule has 2 aromatic rings. The van der Waals surface area contributed by atoms with Gasteiger partial charge in [-0.05, 0) is 12.1 Å². The highest BCUT2D eigenvalue weighted by Gasteiger charge is 2.08. The summed E-state index contributed by atoms with van der Waals surface area (Å²) in [5, 5.41) is 8.56. The van der Waals surface area contributed by atoms with Gasteiger partial charge in [-0.25, -0.2) is 4.98 Å². The Bertz CT molecular complexity index is 695. The van der Waals surface area contributed by atoms with Gasteiger partial charge in [-0.3, -0.25) is 9.59 Å². The zero-order valence-electron chi connectivity index (χ0n) is 13.6. The minimum Gasteiger partial charge on any atom is -0.355 e. The molecule has 0 saturated carbocycles. The highest BCUT2D eigenvalue weighted by atomic mass is 32.1. The Morgan fingerprint density at radius 2 is 2.09 bits per heavy atom. The van der Waals surface area contributed by atoms with Crippen molar-refractivity contribution in [1.29, 1.82) is 0 Å². The number of aromatic nitrogens is 1. The SMILES string of the molecule is CC(=O)Nc1cccc(-c2nc(CCNC(=O)C(C)C)cs2)c1. The number of rotatable bonds is 6. The Labute approximate surface area is 140 Å². The number of anilines is 1. The van der Waals surface area contributed by atoms with E-state index in [9.17, 15) is 9.59 Å². The van der Waals surface area contributed by atoms with Crippen molar-refractivity contribution >= 4 is 28.8 Å². The third-order valence-corrected chi connectivity index (χ3v) is 4.13. The number of hydrogen-bond donors (Lipinski definition) is 2. The van der Waals surface area contributed by atoms with E-state index < -0.39 is 0 Å². The van der Waals surface area contributed by atoms with Crippen molar-refractivity contribution < 1.29 is 9.59 Å². The Morgan fingerprint density at radius 1 is 1.30 bits per heavy atom. The van der Waals surface area contributed by atoms with Gasteiger partial charge >= 0.3 is 0 Å². The van der Waals surface area contributed by atoms with Crippen LogP contribution >= 0.6 is 11.3 Å². The van der Waals surface area contributed by atoms with Crippen LogP contribution in [-0.2, 0) is 16.0 Å². The first kappa shape index (κ1) is 17.1. The quantitative estimate of drug-likeness (QED) is 0.854. The molecule has 1 aromatic carbocycles. The summed E-state index contributed by atoms with van der Waals surface area (Å²) in [6.45, 7) is 5.82. The van der Waals surface area contributed by atoms with Gasteiger partial charge in [-0.1, -0.05) is 26.0 Å². The maximum atomic E-state index is 11.5. The molecule has 6 heteroatoms. The monoisotopic (exact) mass is 331 g/mol. The van der Waals surface area contributed by atoms with Crippen LogP contribution in [0.1, 0.15) is 26.5 Å². The predicted molar refractivity (Wildman–Crippen MR) is 93.4 cm³/mol. The molecular formula is C17H21N3O2S. The van der Waals surface area contributed by atoms with Crippen LogP contribution in [0.3, 0.4) is 0 Å². The molecule has 23 heavy (non-hydrogen) atoms. The lowest BCUT2D eigenvalue weighted by molar-refractivity contribution is -0.124. The summed E-state index contributed by atoms with van der Waals surface area (Å²) < 4.78 is 0. The number of hydrogen-bond acceptors (Lipinski definition) is 4. The fraction of sp³-hybridized carbons (Fsp3) is 0.353. The summed E-state index contributed by atoms with van der Waals surface area (Å²) in [6, 6.07) is 7.62. The normalized spacial score (nSPS) is 10.6. The third-order valence-electron chi connectivity index (χ3n) is 3.19. The number of nitrogens with one attached hydrogen (secondary N) is 2. The van der Waals surface area contributed by atoms with Crippen molar-refractivity contribution in [1.82, 2.24) is 10.3 Å². The van der Waals surface area contributed by atoms with Crippen molar-refractivity contribution in [2.75, 3.05) is 11.9 Å². The second-order valence-electron chi connectivity index (χ2n) is 5.60. The first-order valence-corrected chi connectivity index (χ1v) is 8.44. The molecule has 1 aromatic heterocycles. The Balaban J connectivity index is 1.99. The second-order valence-corrected chi connectivity index (χ2v) is 6.46. The summed E-state index contributed by atoms with van der Waals surface area (Å²) in [4.78, 5) is 27.2. The van der Waals surface area contributed by atoms with Crippen LogP contribution in [0.2, 0.25) is 0 Å². The van der Waals surface area contributed by atoms with Crippen molar-refractivity contribution in [2.45, 2.75) is 27.2 Å². The fourth-order valence-electron chi connectivity index (χ4n) is 2.01. The van der Waals surface area contributed by atoms with Gasteiger partial charge in [0.2, 0.25) is 11.8 Å². The molecule has 1 heterocycles. The van der Waals surface area contributed by atoms with Crippen molar-refractivity contribution in [3.8, 4) is 10.6 Å². The Morgan fingerprint density at radius 3 is 2.78 bits per heavy atom. The summed E-state index contributed by atoms with van der Waals surface area (Å²) in [7, 11) is 0. The van der Waals surface area contributed by atoms with Crippen molar-refractivity contribution in [3.63, 3.8) is 0 Å². The first-order valence-electron chi connectivity index (χ1n) is 7.56. The summed E-state index contributed by atoms with van der Waals surface area (Å²) in [5.41, 5.74) is 2.69. The van der Waals surface area contributed by atoms with Crippen molar-refractivity contribution in [3.05, 3.63) is 35.3 Å². The van der Waals surface area contributed by atoms with Crippen LogP contribution < -0.4 is 10.6 Å². The fourth-order valence-corrected chi connectivity index (χ4v) is 2.86. The minimum atomic E-state index is -0.0946. The molecule has 0 atom stereocenters. The molecule has 0 bridgehead atoms. The number of carbonyl (C=O) groups is 2. The number of amides is 2. The molecule has 0 radical (unpaired) electrons. The van der Waals surface area contributed by atoms with Crippen molar-refractivity contribution in [2.24, 2.45) is 5.92 Å². The molecule has 0 fully saturated rings. The molecule has 2 amide bonds. The lowest BCUT2D eigenvalue weighted by Gasteiger charge is -2.06. The van der Waals surface area contributed by atoms with Crippen LogP contribution in [0.15, 0.2) is 29.6 Å². The Kier molecular flexibility index (Phi) is 5.87. The van der Waals surface area contributed by atoms with E-state index in [2.05, 4.69) is 15.6 Å². The molecule has 5 nitrogen and oxygen atoms in total. The molecule has 0 saturated heterocycles. The minimum absolute atomic E-state index is 0.00230. The number of benzene rings is 1. The molecule has 0 spiro atoms. The molecule has 0 aliphatic heterocycles. The van der Waals surface area contributed by atoms with Gasteiger partial charge in [-0.2, -0.15) is 0 Å². The van der Waals surface area contributed by atoms with Gasteiger partial charge in [0.15, 0.2) is 0 Å². The van der Waals surface area contributed by atoms with Crippen LogP contribution in [0.5, 0.6) is 0 Å². The zero-order chi connectivity index (χ0) is 16.8. The summed E-state index contributed by atoms with van der Waals surface area (Å²) >= 11 is 1.56. The van der Waals surface area contributed by atoms with E-state index in [1.54, 1.807) is 11.3 Å². The van der Waals surface area contributed by atoms with E-state index in [1.807, 2.05) is 43.5 Å². The van der Waals surface area contributed by atoms with Crippen LogP contribution in [0, 0.1) is 5.92 Å². The predicted octanol–water partition coefficient (Wildman–Crippen LogP) is 3.08. The molecule has 0 unspecified atom stereocenters. The maximum absolute atomic E-state index is 11.5. The van der Waals surface area contributed by atoms with Crippen LogP contribution in [0.4, 0.5) is 5.69 Å². The van der Waals surface area contributed by atoms with Crippen LogP contribution in [0.25, 0.3) is 10.6 Å². The van der Waals surface area contributed by atoms with E-state index in [0.717, 1.165) is 22.0 Å². The average Bonchev–Trinajstić information content (AvgIpc) is 2.95. The van der Waals surface area contributed by atoms with Gasteiger partial charge in [0.1, 0.15) is 5.01 Å². The van der Waals surface area contributed by atoms with E-state index in [1.165, 1.54) is 6.92 Å². The van der Waals surface area contributed by atoms with Crippen LogP contribution in [-0.4, -0.2) is 23.3 Å². The van der Waals surface area contributed by atoms with E-state index in [-0.39, 0.29) is 17.7 Å². The van der Waals surface area contributed by atoms with Gasteiger partial charge in [0, 0.05) is 42.4 Å². The van der Waals surface area contributed by atoms with E-state index in [0.29, 0.717) is 13.0 Å². The highest BCUT2D eigenvalue weighted by molar-refractivity contribution is 7.13. The van der Waals surface area contributed by atoms with Gasteiger partial charge in [-0.15, -0.1) is 11.3 Å². The smallest absolute Gasteiger partial charge is 0.222 e. The first-order chi connectivity index (χ1) is 11.0. The summed E-state index contributed by atoms with van der Waals surface area (Å²) in [5.74, 6) is -0.0381. The molecular weight excluding hydrogens is 310 g/mol. The zero-order valence-corrected chi connectivity index (χ0v) is 14.4. The largest absolute Gasteiger partial charge is 0.355 e. The van der Waals surface area contributed by atoms with Gasteiger partial charge < -0.3 is 10.6 Å². The topological polar surface area (TPSA) is 71.1 Å². The summed E-state index contributed by atoms with van der Waals surface area (Å²) in [6.07, 6.45) is 0.709. The molecule has 0 aliphatic rings. The lowest BCUT2D eigenvalue weighted by Crippen LogP contribution is -2.29. The third kappa shape index (κ3) is 5.17. The average molecular weight is 331 g/mol. The van der Waals surface area contributed by atoms with E-state index in [4.69, 9.17) is 0 Å². The molecule has 2 rings (SSSR count).